The van der Waals surface area contributed by atoms with E-state index >= 15 is 0 Å². The number of hydrogen-bond acceptors (Lipinski definition) is 5. The molecule has 1 aromatic carbocycles. The normalized spacial score (nSPS) is 14.0. The molecule has 1 fully saturated rings. The molecule has 3 rings (SSSR count). The number of rotatable bonds is 5. The lowest BCUT2D eigenvalue weighted by atomic mass is 10.3. The quantitative estimate of drug-likeness (QED) is 0.779. The number of piperazine rings is 1. The van der Waals surface area contributed by atoms with Crippen molar-refractivity contribution in [2.45, 2.75) is 6.92 Å². The molecule has 1 saturated heterocycles. The number of carbonyl (C=O) groups is 1. The molecule has 0 aliphatic carbocycles. The van der Waals surface area contributed by atoms with Gasteiger partial charge in [0, 0.05) is 26.2 Å². The average Bonchev–Trinajstić information content (AvgIpc) is 2.65. The maximum atomic E-state index is 12.2. The van der Waals surface area contributed by atoms with Crippen LogP contribution < -0.4 is 25.6 Å². The zero-order valence-electron chi connectivity index (χ0n) is 14.3. The summed E-state index contributed by atoms with van der Waals surface area (Å²) in [6, 6.07) is 10.8. The van der Waals surface area contributed by atoms with E-state index in [-0.39, 0.29) is 6.03 Å². The molecule has 0 atom stereocenters. The first-order valence-electron chi connectivity index (χ1n) is 8.48. The highest BCUT2D eigenvalue weighted by Crippen LogP contribution is 2.24. The fourth-order valence-corrected chi connectivity index (χ4v) is 2.68. The highest BCUT2D eigenvalue weighted by Gasteiger charge is 2.12. The minimum Gasteiger partial charge on any atom is -0.492 e. The second kappa shape index (κ2) is 8.34. The average molecular weight is 341 g/mol. The van der Waals surface area contributed by atoms with E-state index < -0.39 is 0 Å². The van der Waals surface area contributed by atoms with Crippen LogP contribution in [0.1, 0.15) is 6.92 Å². The van der Waals surface area contributed by atoms with E-state index in [9.17, 15) is 4.79 Å². The predicted octanol–water partition coefficient (Wildman–Crippen LogP) is 2.53. The Hall–Kier alpha value is -2.80. The summed E-state index contributed by atoms with van der Waals surface area (Å²) in [5, 5.41) is 8.90. The number of aromatic nitrogens is 1. The second-order valence-electron chi connectivity index (χ2n) is 5.65. The Morgan fingerprint density at radius 1 is 1.20 bits per heavy atom. The van der Waals surface area contributed by atoms with Crippen LogP contribution in [0.3, 0.4) is 0 Å². The van der Waals surface area contributed by atoms with Gasteiger partial charge >= 0.3 is 6.03 Å². The van der Waals surface area contributed by atoms with Gasteiger partial charge < -0.3 is 25.6 Å². The molecule has 1 aromatic heterocycles. The fraction of sp³-hybridized carbons (Fsp3) is 0.333. The summed E-state index contributed by atoms with van der Waals surface area (Å²) in [6.07, 6.45) is 1.67. The number of ether oxygens (including phenoxy) is 1. The fourth-order valence-electron chi connectivity index (χ4n) is 2.68. The van der Waals surface area contributed by atoms with Gasteiger partial charge in [0.05, 0.1) is 24.2 Å². The van der Waals surface area contributed by atoms with E-state index in [2.05, 4.69) is 25.8 Å². The Morgan fingerprint density at radius 3 is 2.72 bits per heavy atom. The van der Waals surface area contributed by atoms with Crippen molar-refractivity contribution in [2.75, 3.05) is 48.3 Å². The summed E-state index contributed by atoms with van der Waals surface area (Å²) in [4.78, 5) is 18.9. The van der Waals surface area contributed by atoms with Crippen LogP contribution in [-0.4, -0.2) is 43.8 Å². The summed E-state index contributed by atoms with van der Waals surface area (Å²) < 4.78 is 5.51. The molecular formula is C18H23N5O2. The minimum atomic E-state index is -0.330. The summed E-state index contributed by atoms with van der Waals surface area (Å²) in [6.45, 7) is 6.25. The van der Waals surface area contributed by atoms with Crippen LogP contribution in [0.5, 0.6) is 5.75 Å². The number of benzene rings is 1. The molecule has 25 heavy (non-hydrogen) atoms. The van der Waals surface area contributed by atoms with E-state index in [1.165, 1.54) is 0 Å². The van der Waals surface area contributed by atoms with Gasteiger partial charge in [-0.25, -0.2) is 9.78 Å². The number of amides is 2. The molecule has 132 valence electrons. The van der Waals surface area contributed by atoms with Gasteiger partial charge in [0.2, 0.25) is 0 Å². The first-order chi connectivity index (χ1) is 12.3. The maximum absolute atomic E-state index is 12.2. The van der Waals surface area contributed by atoms with E-state index in [4.69, 9.17) is 4.74 Å². The Bertz CT molecular complexity index is 699. The Morgan fingerprint density at radius 2 is 2.00 bits per heavy atom. The highest BCUT2D eigenvalue weighted by atomic mass is 16.5. The van der Waals surface area contributed by atoms with Crippen LogP contribution in [0.25, 0.3) is 0 Å². The lowest BCUT2D eigenvalue weighted by Gasteiger charge is -2.28. The molecule has 0 saturated carbocycles. The topological polar surface area (TPSA) is 78.5 Å². The number of nitrogens with one attached hydrogen (secondary N) is 3. The van der Waals surface area contributed by atoms with Crippen molar-refractivity contribution in [3.8, 4) is 5.75 Å². The van der Waals surface area contributed by atoms with Crippen molar-refractivity contribution >= 4 is 23.2 Å². The standard InChI is InChI=1S/C18H23N5O2/c1-2-25-16-6-4-3-5-15(16)22-18(24)21-14-7-8-17(20-13-14)23-11-9-19-10-12-23/h3-8,13,19H,2,9-12H2,1H3,(H2,21,22,24). The minimum absolute atomic E-state index is 0.330. The molecular weight excluding hydrogens is 318 g/mol. The van der Waals surface area contributed by atoms with Gasteiger partial charge in [-0.15, -0.1) is 0 Å². The van der Waals surface area contributed by atoms with E-state index in [1.54, 1.807) is 12.3 Å². The number of nitrogens with zero attached hydrogens (tertiary/aromatic N) is 2. The molecule has 2 aromatic rings. The molecule has 1 aliphatic heterocycles. The third-order valence-electron chi connectivity index (χ3n) is 3.88. The molecule has 2 heterocycles. The van der Waals surface area contributed by atoms with Crippen molar-refractivity contribution in [3.05, 3.63) is 42.6 Å². The van der Waals surface area contributed by atoms with Gasteiger partial charge in [-0.1, -0.05) is 12.1 Å². The van der Waals surface area contributed by atoms with Crippen molar-refractivity contribution in [1.29, 1.82) is 0 Å². The molecule has 0 radical (unpaired) electrons. The zero-order valence-corrected chi connectivity index (χ0v) is 14.3. The van der Waals surface area contributed by atoms with Crippen LogP contribution >= 0.6 is 0 Å². The third-order valence-corrected chi connectivity index (χ3v) is 3.88. The SMILES string of the molecule is CCOc1ccccc1NC(=O)Nc1ccc(N2CCNCC2)nc1. The summed E-state index contributed by atoms with van der Waals surface area (Å²) in [7, 11) is 0. The molecule has 7 heteroatoms. The number of hydrogen-bond donors (Lipinski definition) is 3. The number of urea groups is 1. The largest absolute Gasteiger partial charge is 0.492 e. The maximum Gasteiger partial charge on any atom is 0.323 e. The van der Waals surface area contributed by atoms with E-state index in [1.807, 2.05) is 37.3 Å². The third kappa shape index (κ3) is 4.60. The molecule has 0 bridgehead atoms. The number of pyridine rings is 1. The predicted molar refractivity (Wildman–Crippen MR) is 99.6 cm³/mol. The van der Waals surface area contributed by atoms with Crippen LogP contribution in [0.4, 0.5) is 22.0 Å². The van der Waals surface area contributed by atoms with Crippen LogP contribution in [0.15, 0.2) is 42.6 Å². The van der Waals surface area contributed by atoms with Gasteiger partial charge in [-0.2, -0.15) is 0 Å². The van der Waals surface area contributed by atoms with Crippen molar-refractivity contribution in [3.63, 3.8) is 0 Å². The van der Waals surface area contributed by atoms with Crippen molar-refractivity contribution in [2.24, 2.45) is 0 Å². The molecule has 0 unspecified atom stereocenters. The van der Waals surface area contributed by atoms with Crippen molar-refractivity contribution in [1.82, 2.24) is 10.3 Å². The van der Waals surface area contributed by atoms with Gasteiger partial charge in [-0.3, -0.25) is 0 Å². The number of para-hydroxylation sites is 2. The number of anilines is 3. The molecule has 2 amide bonds. The molecule has 0 spiro atoms. The van der Waals surface area contributed by atoms with E-state index in [0.29, 0.717) is 23.7 Å². The van der Waals surface area contributed by atoms with Gasteiger partial charge in [0.1, 0.15) is 11.6 Å². The summed E-state index contributed by atoms with van der Waals surface area (Å²) >= 11 is 0. The highest BCUT2D eigenvalue weighted by molar-refractivity contribution is 6.00. The molecule has 7 nitrogen and oxygen atoms in total. The smallest absolute Gasteiger partial charge is 0.323 e. The van der Waals surface area contributed by atoms with Crippen LogP contribution in [0.2, 0.25) is 0 Å². The summed E-state index contributed by atoms with van der Waals surface area (Å²) in [5.41, 5.74) is 1.28. The van der Waals surface area contributed by atoms with Gasteiger partial charge in [0.15, 0.2) is 0 Å². The lowest BCUT2D eigenvalue weighted by Crippen LogP contribution is -2.43. The van der Waals surface area contributed by atoms with Gasteiger partial charge in [0.25, 0.3) is 0 Å². The van der Waals surface area contributed by atoms with Gasteiger partial charge in [-0.05, 0) is 31.2 Å². The van der Waals surface area contributed by atoms with Crippen LogP contribution in [-0.2, 0) is 0 Å². The Labute approximate surface area is 147 Å². The summed E-state index contributed by atoms with van der Waals surface area (Å²) in [5.74, 6) is 1.57. The first-order valence-corrected chi connectivity index (χ1v) is 8.48. The Kier molecular flexibility index (Phi) is 5.69. The zero-order chi connectivity index (χ0) is 17.5. The number of carbonyl (C=O) groups excluding carboxylic acids is 1. The monoisotopic (exact) mass is 341 g/mol. The van der Waals surface area contributed by atoms with Crippen molar-refractivity contribution < 1.29 is 9.53 Å². The first kappa shape index (κ1) is 17.0. The Balaban J connectivity index is 1.59. The second-order valence-corrected chi connectivity index (χ2v) is 5.65. The van der Waals surface area contributed by atoms with Crippen LogP contribution in [0, 0.1) is 0 Å². The molecule has 1 aliphatic rings. The van der Waals surface area contributed by atoms with E-state index in [0.717, 1.165) is 32.0 Å². The molecule has 3 N–H and O–H groups in total. The lowest BCUT2D eigenvalue weighted by molar-refractivity contribution is 0.262.